The first-order chi connectivity index (χ1) is 25.8. The average Bonchev–Trinajstić information content (AvgIpc) is 3.51. The molecule has 0 saturated heterocycles. The van der Waals surface area contributed by atoms with E-state index in [1.54, 1.807) is 11.3 Å². The van der Waals surface area contributed by atoms with Crippen molar-refractivity contribution in [1.82, 2.24) is 4.98 Å². The predicted molar refractivity (Wildman–Crippen MR) is 248 cm³/mol. The van der Waals surface area contributed by atoms with Crippen LogP contribution in [0.15, 0.2) is 29.2 Å². The van der Waals surface area contributed by atoms with Gasteiger partial charge in [0.2, 0.25) is 0 Å². The van der Waals surface area contributed by atoms with Gasteiger partial charge in [-0.15, -0.1) is 0 Å². The second kappa shape index (κ2) is 23.0. The number of cyclic esters (lactones) is 1. The third-order valence-corrected chi connectivity index (χ3v) is 25.3. The van der Waals surface area contributed by atoms with Crippen LogP contribution in [-0.2, 0) is 29.7 Å². The monoisotopic (exact) mass is 856 g/mol. The minimum atomic E-state index is -2.16. The SMILES string of the molecule is CC(=O)[C@@H]1C/C=C(/C)C/C=C/[C@H](C)[C@H](O[Si](C)(C)C(C)(C)C)[C@@H](C)C(=O)C(C)(C)[C@@H](C)CC(=O)O1.CCCCP(Cl)(CCCC)(CCCC)Cc1csc(C)n1. The standard InChI is InChI=1S/C29H50O5Si.C17H33ClNPS/c1-19-14-13-15-20(2)26(34-35(11,12)28(6,7)8)22(4)27(32)29(9,10)21(3)18-25(31)33-24(17-16-19)23(5)30;1-5-8-11-20(18,12-9-6-2,13-10-7-3)14-17-15-21-16(4)19-17/h13,15-16,20-22,24,26H,14,17-18H2,1-12H3;15H,5-14H2,1-4H3/b15-13+,19-16-;/t20-,21-,22+,24-,26-;/m0./s1. The fourth-order valence-electron chi connectivity index (χ4n) is 7.26. The van der Waals surface area contributed by atoms with Crippen molar-refractivity contribution in [1.29, 1.82) is 0 Å². The van der Waals surface area contributed by atoms with Gasteiger partial charge in [0.15, 0.2) is 20.2 Å². The Morgan fingerprint density at radius 2 is 1.55 bits per heavy atom. The molecular weight excluding hydrogens is 773 g/mol. The van der Waals surface area contributed by atoms with Crippen molar-refractivity contribution in [2.75, 3.05) is 18.5 Å². The molecule has 1 aromatic rings. The molecule has 0 fully saturated rings. The van der Waals surface area contributed by atoms with E-state index in [1.807, 2.05) is 40.7 Å². The summed E-state index contributed by atoms with van der Waals surface area (Å²) in [6.07, 6.45) is 18.8. The number of ketones is 2. The van der Waals surface area contributed by atoms with E-state index in [-0.39, 0.29) is 46.9 Å². The van der Waals surface area contributed by atoms with Crippen molar-refractivity contribution in [2.45, 2.75) is 191 Å². The molecule has 56 heavy (non-hydrogen) atoms. The molecule has 0 spiro atoms. The Bertz CT molecular complexity index is 1440. The van der Waals surface area contributed by atoms with Crippen molar-refractivity contribution in [3.63, 3.8) is 0 Å². The third kappa shape index (κ3) is 16.5. The number of aryl methyl sites for hydroxylation is 1. The third-order valence-electron chi connectivity index (χ3n) is 12.7. The number of halogens is 1. The predicted octanol–water partition coefficient (Wildman–Crippen LogP) is 14.1. The van der Waals surface area contributed by atoms with Crippen molar-refractivity contribution in [3.05, 3.63) is 39.9 Å². The molecule has 10 heteroatoms. The van der Waals surface area contributed by atoms with Crippen LogP contribution in [0.25, 0.3) is 0 Å². The van der Waals surface area contributed by atoms with Crippen LogP contribution in [0.2, 0.25) is 18.1 Å². The fourth-order valence-corrected chi connectivity index (χ4v) is 16.3. The number of aromatic nitrogens is 1. The number of carbonyl (C=O) groups excluding carboxylic acids is 3. The van der Waals surface area contributed by atoms with Crippen molar-refractivity contribution in [3.8, 4) is 0 Å². The molecule has 2 heterocycles. The van der Waals surface area contributed by atoms with Gasteiger partial charge in [-0.25, -0.2) is 0 Å². The van der Waals surface area contributed by atoms with Gasteiger partial charge in [0, 0.05) is 24.2 Å². The van der Waals surface area contributed by atoms with Crippen LogP contribution in [0.1, 0.15) is 158 Å². The molecule has 1 aliphatic rings. The number of allylic oxidation sites excluding steroid dienone is 2. The molecule has 0 N–H and O–H groups in total. The van der Waals surface area contributed by atoms with Gasteiger partial charge in [0.25, 0.3) is 0 Å². The summed E-state index contributed by atoms with van der Waals surface area (Å²) in [7, 11) is -2.14. The Labute approximate surface area is 354 Å². The van der Waals surface area contributed by atoms with Gasteiger partial charge < -0.3 is 9.16 Å². The summed E-state index contributed by atoms with van der Waals surface area (Å²) in [4.78, 5) is 43.4. The molecule has 0 aromatic carbocycles. The van der Waals surface area contributed by atoms with Crippen molar-refractivity contribution >= 4 is 54.4 Å². The van der Waals surface area contributed by atoms with Gasteiger partial charge in [-0.1, -0.05) is 79.2 Å². The second-order valence-electron chi connectivity index (χ2n) is 19.3. The zero-order valence-corrected chi connectivity index (χ0v) is 42.1. The number of esters is 1. The summed E-state index contributed by atoms with van der Waals surface area (Å²) >= 11 is 9.34. The van der Waals surface area contributed by atoms with Crippen LogP contribution in [-0.4, -0.2) is 61.5 Å². The number of thiazole rings is 1. The number of hydrogen-bond acceptors (Lipinski definition) is 7. The maximum absolute atomic E-state index is 13.9. The van der Waals surface area contributed by atoms with Crippen LogP contribution in [0, 0.1) is 30.1 Å². The Morgan fingerprint density at radius 3 is 2.00 bits per heavy atom. The molecule has 1 aromatic heterocycles. The van der Waals surface area contributed by atoms with E-state index >= 15 is 0 Å². The quantitative estimate of drug-likeness (QED) is 0.0802. The van der Waals surface area contributed by atoms with Gasteiger partial charge >= 0.3 is 146 Å². The number of ether oxygens (including phenoxy) is 1. The van der Waals surface area contributed by atoms with E-state index in [0.29, 0.717) is 6.42 Å². The maximum atomic E-state index is 13.9. The first-order valence-electron chi connectivity index (χ1n) is 21.6. The first-order valence-corrected chi connectivity index (χ1v) is 29.3. The van der Waals surface area contributed by atoms with Crippen LogP contribution in [0.5, 0.6) is 0 Å². The van der Waals surface area contributed by atoms with Gasteiger partial charge in [-0.05, 0) is 50.2 Å². The summed E-state index contributed by atoms with van der Waals surface area (Å²) in [6, 6.07) is 0. The number of unbranched alkanes of at least 4 members (excludes halogenated alkanes) is 3. The second-order valence-corrected chi connectivity index (χ2v) is 33.2. The topological polar surface area (TPSA) is 82.6 Å². The van der Waals surface area contributed by atoms with Crippen LogP contribution in [0.3, 0.4) is 0 Å². The molecule has 0 unspecified atom stereocenters. The summed E-state index contributed by atoms with van der Waals surface area (Å²) in [5.41, 5.74) is 1.60. The van der Waals surface area contributed by atoms with E-state index in [0.717, 1.165) is 18.2 Å². The summed E-state index contributed by atoms with van der Waals surface area (Å²) in [6.45, 7) is 33.3. The number of Topliss-reactive ketones (excluding diaryl/α,β-unsaturated/α-hetero) is 2. The normalized spacial score (nSPS) is 25.5. The summed E-state index contributed by atoms with van der Waals surface area (Å²) in [5, 5.41) is 3.43. The molecule has 0 amide bonds. The molecular formula is C46H83ClNO5PSSi. The zero-order chi connectivity index (χ0) is 43.1. The molecule has 0 radical (unpaired) electrons. The molecule has 0 bridgehead atoms. The van der Waals surface area contributed by atoms with Crippen LogP contribution < -0.4 is 0 Å². The number of rotatable bonds is 14. The number of carbonyl (C=O) groups is 3. The molecule has 0 saturated carbocycles. The van der Waals surface area contributed by atoms with Gasteiger partial charge in [0.1, 0.15) is 5.78 Å². The zero-order valence-electron chi connectivity index (χ0n) is 38.6. The molecule has 5 atom stereocenters. The Kier molecular flexibility index (Phi) is 21.7. The first kappa shape index (κ1) is 52.8. The van der Waals surface area contributed by atoms with E-state index in [2.05, 4.69) is 86.0 Å². The van der Waals surface area contributed by atoms with Crippen LogP contribution in [0.4, 0.5) is 0 Å². The number of hydrogen-bond donors (Lipinski definition) is 0. The Balaban J connectivity index is 0.000000635. The van der Waals surface area contributed by atoms with Gasteiger partial charge in [-0.3, -0.25) is 14.4 Å². The van der Waals surface area contributed by atoms with Gasteiger partial charge in [-0.2, -0.15) is 0 Å². The van der Waals surface area contributed by atoms with Crippen molar-refractivity contribution in [2.24, 2.45) is 23.2 Å². The minimum absolute atomic E-state index is 0.0214. The Morgan fingerprint density at radius 1 is 1.02 bits per heavy atom. The van der Waals surface area contributed by atoms with E-state index in [4.69, 9.17) is 25.4 Å². The van der Waals surface area contributed by atoms with Crippen LogP contribution >= 0.6 is 28.5 Å². The summed E-state index contributed by atoms with van der Waals surface area (Å²) < 4.78 is 12.4. The van der Waals surface area contributed by atoms with E-state index in [9.17, 15) is 14.4 Å². The van der Waals surface area contributed by atoms with E-state index < -0.39 is 31.8 Å². The van der Waals surface area contributed by atoms with Crippen molar-refractivity contribution < 1.29 is 23.5 Å². The average molecular weight is 857 g/mol. The fraction of sp³-hybridized carbons (Fsp3) is 0.783. The molecule has 6 nitrogen and oxygen atoms in total. The molecule has 324 valence electrons. The molecule has 0 aliphatic carbocycles. The van der Waals surface area contributed by atoms with Gasteiger partial charge in [0.05, 0.1) is 6.10 Å². The Hall–Kier alpha value is -1.18. The molecule has 1 aliphatic heterocycles. The van der Waals surface area contributed by atoms with E-state index in [1.165, 1.54) is 74.6 Å². The molecule has 2 rings (SSSR count). The summed E-state index contributed by atoms with van der Waals surface area (Å²) in [5.74, 6) is -3.22. The number of nitrogens with zero attached hydrogens (tertiary/aromatic N) is 1.